The first-order chi connectivity index (χ1) is 6.74. The summed E-state index contributed by atoms with van der Waals surface area (Å²) < 4.78 is 5.28. The fraction of sp³-hybridized carbons (Fsp3) is 0.900. The molecule has 0 aromatic heterocycles. The van der Waals surface area contributed by atoms with E-state index in [1.807, 2.05) is 6.92 Å². The van der Waals surface area contributed by atoms with Gasteiger partial charge >= 0.3 is 0 Å². The molecule has 0 aliphatic carbocycles. The summed E-state index contributed by atoms with van der Waals surface area (Å²) >= 11 is 0. The molecule has 0 aromatic carbocycles. The number of aliphatic imine (C=N–C) groups is 1. The third-order valence-corrected chi connectivity index (χ3v) is 2.70. The van der Waals surface area contributed by atoms with Crippen LogP contribution in [0.2, 0.25) is 0 Å². The van der Waals surface area contributed by atoms with E-state index in [4.69, 9.17) is 4.43 Å². The number of carbonyl (C=O) groups excluding carboxylic acids is 1. The van der Waals surface area contributed by atoms with Gasteiger partial charge in [0.25, 0.3) is 0 Å². The lowest BCUT2D eigenvalue weighted by atomic mass is 9.97. The maximum Gasteiger partial charge on any atom is 0.235 e. The van der Waals surface area contributed by atoms with E-state index in [0.29, 0.717) is 5.92 Å². The van der Waals surface area contributed by atoms with Gasteiger partial charge in [-0.2, -0.15) is 0 Å². The van der Waals surface area contributed by atoms with Crippen LogP contribution in [0.1, 0.15) is 39.5 Å². The van der Waals surface area contributed by atoms with Gasteiger partial charge in [0.2, 0.25) is 6.08 Å². The highest BCUT2D eigenvalue weighted by Crippen LogP contribution is 2.15. The van der Waals surface area contributed by atoms with Crippen LogP contribution in [-0.4, -0.2) is 29.2 Å². The third kappa shape index (κ3) is 7.01. The second kappa shape index (κ2) is 9.13. The number of isocyanates is 1. The lowest BCUT2D eigenvalue weighted by molar-refractivity contribution is 0.242. The molecule has 0 N–H and O–H groups in total. The molecule has 82 valence electrons. The largest absolute Gasteiger partial charge is 0.428 e. The monoisotopic (exact) mass is 215 g/mol. The summed E-state index contributed by atoms with van der Waals surface area (Å²) in [5, 5.41) is 0. The number of hydrogen-bond acceptors (Lipinski definition) is 3. The Morgan fingerprint density at radius 3 is 2.64 bits per heavy atom. The Balaban J connectivity index is 3.73. The van der Waals surface area contributed by atoms with Crippen LogP contribution >= 0.6 is 0 Å². The van der Waals surface area contributed by atoms with Gasteiger partial charge in [0, 0.05) is 6.61 Å². The predicted molar refractivity (Wildman–Crippen MR) is 61.1 cm³/mol. The fourth-order valence-corrected chi connectivity index (χ4v) is 2.06. The lowest BCUT2D eigenvalue weighted by Crippen LogP contribution is -2.11. The van der Waals surface area contributed by atoms with Gasteiger partial charge in [0.15, 0.2) is 0 Å². The molecule has 2 unspecified atom stereocenters. The minimum atomic E-state index is 0.112. The zero-order valence-electron chi connectivity index (χ0n) is 9.45. The highest BCUT2D eigenvalue weighted by Gasteiger charge is 2.09. The van der Waals surface area contributed by atoms with Crippen molar-refractivity contribution in [3.05, 3.63) is 0 Å². The molecule has 3 nitrogen and oxygen atoms in total. The Labute approximate surface area is 89.5 Å². The van der Waals surface area contributed by atoms with Gasteiger partial charge in [0.05, 0.1) is 6.04 Å². The summed E-state index contributed by atoms with van der Waals surface area (Å²) in [6, 6.07) is 0.112. The molecule has 0 aliphatic rings. The van der Waals surface area contributed by atoms with Crippen LogP contribution in [0.5, 0.6) is 0 Å². The molecule has 0 aromatic rings. The van der Waals surface area contributed by atoms with Crippen molar-refractivity contribution in [2.24, 2.45) is 10.9 Å². The summed E-state index contributed by atoms with van der Waals surface area (Å²) in [4.78, 5) is 13.7. The second-order valence-corrected chi connectivity index (χ2v) is 4.33. The van der Waals surface area contributed by atoms with Crippen molar-refractivity contribution in [1.82, 2.24) is 0 Å². The molecule has 0 spiro atoms. The van der Waals surface area contributed by atoms with Crippen LogP contribution in [0.4, 0.5) is 0 Å². The summed E-state index contributed by atoms with van der Waals surface area (Å²) in [5.41, 5.74) is 0. The van der Waals surface area contributed by atoms with E-state index >= 15 is 0 Å². The van der Waals surface area contributed by atoms with Gasteiger partial charge in [-0.05, 0) is 32.1 Å². The van der Waals surface area contributed by atoms with Crippen LogP contribution in [0.25, 0.3) is 0 Å². The lowest BCUT2D eigenvalue weighted by Gasteiger charge is -2.15. The number of nitrogens with zero attached hydrogens (tertiary/aromatic N) is 1. The molecule has 0 bridgehead atoms. The topological polar surface area (TPSA) is 38.7 Å². The minimum absolute atomic E-state index is 0.112. The molecule has 0 fully saturated rings. The molecule has 0 amide bonds. The maximum absolute atomic E-state index is 10.0. The van der Waals surface area contributed by atoms with E-state index in [1.165, 1.54) is 12.8 Å². The van der Waals surface area contributed by atoms with Crippen LogP contribution in [0.15, 0.2) is 4.99 Å². The summed E-state index contributed by atoms with van der Waals surface area (Å²) in [6.45, 7) is 5.01. The van der Waals surface area contributed by atoms with Crippen molar-refractivity contribution in [3.63, 3.8) is 0 Å². The molecule has 0 rings (SSSR count). The van der Waals surface area contributed by atoms with Crippen molar-refractivity contribution in [1.29, 1.82) is 0 Å². The molecule has 0 saturated carbocycles. The van der Waals surface area contributed by atoms with Crippen molar-refractivity contribution in [3.8, 4) is 0 Å². The molecule has 0 radical (unpaired) electrons. The van der Waals surface area contributed by atoms with Crippen molar-refractivity contribution in [2.45, 2.75) is 45.6 Å². The highest BCUT2D eigenvalue weighted by molar-refractivity contribution is 5.97. The van der Waals surface area contributed by atoms with E-state index in [2.05, 4.69) is 11.9 Å². The van der Waals surface area contributed by atoms with Crippen molar-refractivity contribution < 1.29 is 9.22 Å². The molecule has 4 heteroatoms. The highest BCUT2D eigenvalue weighted by atomic mass is 28.2. The van der Waals surface area contributed by atoms with E-state index in [1.54, 1.807) is 6.08 Å². The first-order valence-electron chi connectivity index (χ1n) is 5.30. The predicted octanol–water partition coefficient (Wildman–Crippen LogP) is 1.20. The maximum atomic E-state index is 10.0. The molecule has 0 aliphatic heterocycles. The van der Waals surface area contributed by atoms with E-state index in [0.717, 1.165) is 29.9 Å². The van der Waals surface area contributed by atoms with Gasteiger partial charge in [0.1, 0.15) is 10.5 Å². The number of rotatable bonds is 8. The zero-order chi connectivity index (χ0) is 10.8. The first-order valence-corrected chi connectivity index (χ1v) is 6.12. The Bertz CT molecular complexity index is 175. The van der Waals surface area contributed by atoms with Crippen molar-refractivity contribution in [2.75, 3.05) is 6.61 Å². The van der Waals surface area contributed by atoms with E-state index in [9.17, 15) is 4.79 Å². The average molecular weight is 215 g/mol. The number of hydrogen-bond donors (Lipinski definition) is 0. The van der Waals surface area contributed by atoms with Gasteiger partial charge in [-0.3, -0.25) is 0 Å². The zero-order valence-corrected chi connectivity index (χ0v) is 11.5. The van der Waals surface area contributed by atoms with Gasteiger partial charge in [-0.1, -0.05) is 13.3 Å². The van der Waals surface area contributed by atoms with Crippen LogP contribution in [-0.2, 0) is 9.22 Å². The van der Waals surface area contributed by atoms with Crippen LogP contribution in [0, 0.1) is 5.92 Å². The Morgan fingerprint density at radius 2 is 2.14 bits per heavy atom. The third-order valence-electron chi connectivity index (χ3n) is 2.37. The summed E-state index contributed by atoms with van der Waals surface area (Å²) in [5.74, 6) is 0.641. The van der Waals surface area contributed by atoms with Gasteiger partial charge < -0.3 is 4.43 Å². The SMILES string of the molecule is CCCC(CCC(C)N=C=O)CO[SiH3]. The molecular formula is C10H21NO2Si. The standard InChI is InChI=1S/C10H21NO2Si/c1-3-4-10(7-13-14)6-5-9(2)11-8-12/h9-10H,3-7H2,1-2,14H3. The summed E-state index contributed by atoms with van der Waals surface area (Å²) in [6.07, 6.45) is 6.07. The first kappa shape index (κ1) is 13.6. The van der Waals surface area contributed by atoms with Gasteiger partial charge in [-0.15, -0.1) is 0 Å². The smallest absolute Gasteiger partial charge is 0.235 e. The molecular weight excluding hydrogens is 194 g/mol. The minimum Gasteiger partial charge on any atom is -0.428 e. The van der Waals surface area contributed by atoms with E-state index in [-0.39, 0.29) is 6.04 Å². The molecule has 0 saturated heterocycles. The molecule has 2 atom stereocenters. The Morgan fingerprint density at radius 1 is 1.43 bits per heavy atom. The Kier molecular flexibility index (Phi) is 8.84. The molecule has 14 heavy (non-hydrogen) atoms. The van der Waals surface area contributed by atoms with E-state index < -0.39 is 0 Å². The summed E-state index contributed by atoms with van der Waals surface area (Å²) in [7, 11) is 0.813. The molecule has 0 heterocycles. The second-order valence-electron chi connectivity index (χ2n) is 3.76. The van der Waals surface area contributed by atoms with Crippen LogP contribution in [0.3, 0.4) is 0 Å². The average Bonchev–Trinajstić information content (AvgIpc) is 2.15. The van der Waals surface area contributed by atoms with Crippen molar-refractivity contribution >= 4 is 16.6 Å². The Hall–Kier alpha value is -0.443. The van der Waals surface area contributed by atoms with Crippen LogP contribution < -0.4 is 0 Å². The fourth-order valence-electron chi connectivity index (χ4n) is 1.59. The normalized spacial score (nSPS) is 14.7. The van der Waals surface area contributed by atoms with Gasteiger partial charge in [-0.25, -0.2) is 9.79 Å². The quantitative estimate of drug-likeness (QED) is 0.347.